The molecule has 3 nitrogen and oxygen atoms in total. The number of carbonyl (C=O) groups excluding carboxylic acids is 1. The molecule has 1 amide bonds. The zero-order valence-corrected chi connectivity index (χ0v) is 12.7. The molecule has 1 fully saturated rings. The fourth-order valence-corrected chi connectivity index (χ4v) is 2.88. The summed E-state index contributed by atoms with van der Waals surface area (Å²) in [6.07, 6.45) is 5.78. The summed E-state index contributed by atoms with van der Waals surface area (Å²) in [5.41, 5.74) is 2.70. The lowest BCUT2D eigenvalue weighted by Gasteiger charge is -2.27. The number of aryl methyl sites for hydroxylation is 1. The highest BCUT2D eigenvalue weighted by atomic mass is 35.5. The molecule has 0 aliphatic heterocycles. The van der Waals surface area contributed by atoms with Gasteiger partial charge in [-0.15, -0.1) is 12.4 Å². The molecule has 3 rings (SSSR count). The third-order valence-corrected chi connectivity index (χ3v) is 4.14. The summed E-state index contributed by atoms with van der Waals surface area (Å²) < 4.78 is 0. The summed E-state index contributed by atoms with van der Waals surface area (Å²) in [4.78, 5) is 12.2. The number of nitrogens with one attached hydrogen (secondary N) is 2. The van der Waals surface area contributed by atoms with Crippen LogP contribution in [0.15, 0.2) is 24.3 Å². The van der Waals surface area contributed by atoms with Crippen LogP contribution in [0.25, 0.3) is 0 Å². The van der Waals surface area contributed by atoms with Crippen LogP contribution in [0.2, 0.25) is 0 Å². The maximum Gasteiger partial charge on any atom is 0.237 e. The van der Waals surface area contributed by atoms with Gasteiger partial charge in [0.2, 0.25) is 5.91 Å². The summed E-state index contributed by atoms with van der Waals surface area (Å²) in [7, 11) is 0. The molecule has 0 heterocycles. The Morgan fingerprint density at radius 2 is 2.00 bits per heavy atom. The molecule has 2 unspecified atom stereocenters. The Morgan fingerprint density at radius 3 is 2.75 bits per heavy atom. The number of amides is 1. The fraction of sp³-hybridized carbons (Fsp3) is 0.562. The van der Waals surface area contributed by atoms with Crippen molar-refractivity contribution in [3.8, 4) is 0 Å². The maximum atomic E-state index is 12.2. The van der Waals surface area contributed by atoms with Gasteiger partial charge in [0.05, 0.1) is 12.1 Å². The Kier molecular flexibility index (Phi) is 5.06. The van der Waals surface area contributed by atoms with Crippen molar-refractivity contribution < 1.29 is 4.79 Å². The number of benzene rings is 1. The molecule has 110 valence electrons. The van der Waals surface area contributed by atoms with Gasteiger partial charge in [0.15, 0.2) is 0 Å². The Bertz CT molecular complexity index is 473. The number of rotatable bonds is 4. The summed E-state index contributed by atoms with van der Waals surface area (Å²) in [5, 5.41) is 6.56. The first-order chi connectivity index (χ1) is 9.24. The van der Waals surface area contributed by atoms with E-state index in [4.69, 9.17) is 0 Å². The summed E-state index contributed by atoms with van der Waals surface area (Å²) in [5.74, 6) is 0.133. The molecule has 2 atom stereocenters. The van der Waals surface area contributed by atoms with Crippen LogP contribution >= 0.6 is 12.4 Å². The molecule has 0 radical (unpaired) electrons. The highest BCUT2D eigenvalue weighted by molar-refractivity contribution is 5.85. The molecule has 20 heavy (non-hydrogen) atoms. The van der Waals surface area contributed by atoms with Gasteiger partial charge in [0.1, 0.15) is 0 Å². The molecule has 4 heteroatoms. The molecule has 0 saturated heterocycles. The Labute approximate surface area is 126 Å². The Hall–Kier alpha value is -1.06. The predicted molar refractivity (Wildman–Crippen MR) is 83.1 cm³/mol. The molecule has 2 aliphatic carbocycles. The van der Waals surface area contributed by atoms with Crippen LogP contribution in [0.4, 0.5) is 0 Å². The molecule has 2 aliphatic rings. The minimum atomic E-state index is -0.0819. The predicted octanol–water partition coefficient (Wildman–Crippen LogP) is 2.74. The molecular weight excluding hydrogens is 272 g/mol. The van der Waals surface area contributed by atoms with E-state index in [1.165, 1.54) is 24.0 Å². The van der Waals surface area contributed by atoms with Crippen LogP contribution in [-0.4, -0.2) is 18.0 Å². The van der Waals surface area contributed by atoms with Crippen LogP contribution in [0, 0.1) is 0 Å². The van der Waals surface area contributed by atoms with E-state index in [-0.39, 0.29) is 30.4 Å². The van der Waals surface area contributed by atoms with Gasteiger partial charge < -0.3 is 10.6 Å². The molecule has 0 spiro atoms. The van der Waals surface area contributed by atoms with Crippen molar-refractivity contribution >= 4 is 18.3 Å². The summed E-state index contributed by atoms with van der Waals surface area (Å²) >= 11 is 0. The van der Waals surface area contributed by atoms with E-state index in [1.807, 2.05) is 6.92 Å². The largest absolute Gasteiger partial charge is 0.348 e. The minimum absolute atomic E-state index is 0. The lowest BCUT2D eigenvalue weighted by Crippen LogP contribution is -2.44. The molecule has 1 aromatic carbocycles. The molecule has 2 N–H and O–H groups in total. The number of carbonyl (C=O) groups is 1. The highest BCUT2D eigenvalue weighted by Crippen LogP contribution is 2.29. The van der Waals surface area contributed by atoms with Crippen molar-refractivity contribution in [3.63, 3.8) is 0 Å². The Morgan fingerprint density at radius 1 is 1.25 bits per heavy atom. The van der Waals surface area contributed by atoms with Crippen molar-refractivity contribution in [2.75, 3.05) is 0 Å². The second-order valence-electron chi connectivity index (χ2n) is 5.81. The molecule has 1 saturated carbocycles. The smallest absolute Gasteiger partial charge is 0.237 e. The van der Waals surface area contributed by atoms with Gasteiger partial charge >= 0.3 is 0 Å². The van der Waals surface area contributed by atoms with Gasteiger partial charge in [0, 0.05) is 6.04 Å². The summed E-state index contributed by atoms with van der Waals surface area (Å²) in [6.45, 7) is 1.96. The average Bonchev–Trinajstić information content (AvgIpc) is 3.23. The van der Waals surface area contributed by atoms with Gasteiger partial charge in [-0.05, 0) is 50.2 Å². The number of hydrogen-bond donors (Lipinski definition) is 2. The number of halogens is 1. The molecule has 0 aromatic heterocycles. The fourth-order valence-electron chi connectivity index (χ4n) is 2.88. The van der Waals surface area contributed by atoms with Gasteiger partial charge in [0.25, 0.3) is 0 Å². The van der Waals surface area contributed by atoms with Gasteiger partial charge in [-0.2, -0.15) is 0 Å². The SMILES string of the molecule is CC(NC1CC1)C(=O)NC1CCCc2ccccc21.Cl. The van der Waals surface area contributed by atoms with E-state index < -0.39 is 0 Å². The standard InChI is InChI=1S/C16H22N2O.ClH/c1-11(17-13-9-10-13)16(19)18-15-8-4-6-12-5-2-3-7-14(12)15;/h2-3,5,7,11,13,15,17H,4,6,8-10H2,1H3,(H,18,19);1H. The van der Waals surface area contributed by atoms with Crippen molar-refractivity contribution in [1.29, 1.82) is 0 Å². The van der Waals surface area contributed by atoms with E-state index >= 15 is 0 Å². The first-order valence-electron chi connectivity index (χ1n) is 7.38. The third-order valence-electron chi connectivity index (χ3n) is 4.14. The minimum Gasteiger partial charge on any atom is -0.348 e. The van der Waals surface area contributed by atoms with E-state index in [1.54, 1.807) is 0 Å². The van der Waals surface area contributed by atoms with Crippen LogP contribution in [-0.2, 0) is 11.2 Å². The van der Waals surface area contributed by atoms with Gasteiger partial charge in [-0.1, -0.05) is 24.3 Å². The monoisotopic (exact) mass is 294 g/mol. The first-order valence-corrected chi connectivity index (χ1v) is 7.38. The van der Waals surface area contributed by atoms with Gasteiger partial charge in [-0.3, -0.25) is 4.79 Å². The van der Waals surface area contributed by atoms with E-state index in [0.717, 1.165) is 19.3 Å². The topological polar surface area (TPSA) is 41.1 Å². The third kappa shape index (κ3) is 3.53. The van der Waals surface area contributed by atoms with Crippen LogP contribution in [0.5, 0.6) is 0 Å². The normalized spacial score (nSPS) is 22.4. The number of fused-ring (bicyclic) bond motifs is 1. The van der Waals surface area contributed by atoms with E-state index in [2.05, 4.69) is 34.9 Å². The lowest BCUT2D eigenvalue weighted by molar-refractivity contribution is -0.123. The average molecular weight is 295 g/mol. The van der Waals surface area contributed by atoms with Crippen molar-refractivity contribution in [3.05, 3.63) is 35.4 Å². The van der Waals surface area contributed by atoms with Crippen molar-refractivity contribution in [2.24, 2.45) is 0 Å². The van der Waals surface area contributed by atoms with Crippen molar-refractivity contribution in [2.45, 2.75) is 57.2 Å². The van der Waals surface area contributed by atoms with Crippen LogP contribution < -0.4 is 10.6 Å². The maximum absolute atomic E-state index is 12.2. The van der Waals surface area contributed by atoms with E-state index in [9.17, 15) is 4.79 Å². The van der Waals surface area contributed by atoms with E-state index in [0.29, 0.717) is 6.04 Å². The second kappa shape index (κ2) is 6.59. The number of hydrogen-bond acceptors (Lipinski definition) is 2. The van der Waals surface area contributed by atoms with Crippen LogP contribution in [0.3, 0.4) is 0 Å². The first kappa shape index (κ1) is 15.3. The zero-order valence-electron chi connectivity index (χ0n) is 11.9. The molecule has 1 aromatic rings. The second-order valence-corrected chi connectivity index (χ2v) is 5.81. The molecular formula is C16H23ClN2O. The quantitative estimate of drug-likeness (QED) is 0.896. The highest BCUT2D eigenvalue weighted by Gasteiger charge is 2.28. The van der Waals surface area contributed by atoms with Crippen LogP contribution in [0.1, 0.15) is 49.8 Å². The Balaban J connectivity index is 0.00000147. The lowest BCUT2D eigenvalue weighted by atomic mass is 9.87. The molecule has 0 bridgehead atoms. The van der Waals surface area contributed by atoms with Gasteiger partial charge in [-0.25, -0.2) is 0 Å². The van der Waals surface area contributed by atoms with Crippen molar-refractivity contribution in [1.82, 2.24) is 10.6 Å². The summed E-state index contributed by atoms with van der Waals surface area (Å²) in [6, 6.07) is 9.16. The zero-order chi connectivity index (χ0) is 13.2.